The van der Waals surface area contributed by atoms with Crippen LogP contribution in [0.3, 0.4) is 0 Å². The molecule has 1 aromatic heterocycles. The van der Waals surface area contributed by atoms with E-state index in [-0.39, 0.29) is 0 Å². The first-order valence-corrected chi connectivity index (χ1v) is 6.81. The van der Waals surface area contributed by atoms with E-state index in [1.54, 1.807) is 0 Å². The van der Waals surface area contributed by atoms with Crippen molar-refractivity contribution in [2.75, 3.05) is 0 Å². The Balaban J connectivity index is 2.68. The zero-order valence-electron chi connectivity index (χ0n) is 12.5. The number of aromatic nitrogens is 2. The fourth-order valence-electron chi connectivity index (χ4n) is 2.64. The van der Waals surface area contributed by atoms with E-state index in [0.29, 0.717) is 12.5 Å². The van der Waals surface area contributed by atoms with Crippen LogP contribution in [0.25, 0.3) is 5.69 Å². The number of benzene rings is 1. The first kappa shape index (κ1) is 13.8. The average molecular weight is 257 g/mol. The normalized spacial score (nSPS) is 11.3. The maximum absolute atomic E-state index is 5.73. The molecule has 0 saturated carbocycles. The summed E-state index contributed by atoms with van der Waals surface area (Å²) in [5.74, 6) is 0.424. The Morgan fingerprint density at radius 3 is 2.16 bits per heavy atom. The number of hydrogen-bond donors (Lipinski definition) is 1. The molecule has 0 aliphatic carbocycles. The maximum Gasteiger partial charge on any atom is 0.0767 e. The SMILES string of the molecule is Cc1cc(C)c(-n2nc(CN)cc2C(C)C)c(C)c1. The number of nitrogens with zero attached hydrogens (tertiary/aromatic N) is 2. The second-order valence-corrected chi connectivity index (χ2v) is 5.58. The number of hydrogen-bond acceptors (Lipinski definition) is 2. The van der Waals surface area contributed by atoms with Crippen molar-refractivity contribution in [1.29, 1.82) is 0 Å². The summed E-state index contributed by atoms with van der Waals surface area (Å²) in [6, 6.07) is 6.52. The molecule has 1 aromatic carbocycles. The van der Waals surface area contributed by atoms with E-state index < -0.39 is 0 Å². The van der Waals surface area contributed by atoms with Crippen LogP contribution in [-0.2, 0) is 6.54 Å². The van der Waals surface area contributed by atoms with Crippen molar-refractivity contribution in [1.82, 2.24) is 9.78 Å². The fraction of sp³-hybridized carbons (Fsp3) is 0.438. The van der Waals surface area contributed by atoms with Gasteiger partial charge in [0, 0.05) is 12.2 Å². The molecule has 2 rings (SSSR count). The van der Waals surface area contributed by atoms with Gasteiger partial charge in [-0.25, -0.2) is 4.68 Å². The summed E-state index contributed by atoms with van der Waals surface area (Å²) in [4.78, 5) is 0. The summed E-state index contributed by atoms with van der Waals surface area (Å²) in [5, 5.41) is 4.66. The van der Waals surface area contributed by atoms with Gasteiger partial charge in [-0.1, -0.05) is 31.5 Å². The van der Waals surface area contributed by atoms with Gasteiger partial charge in [0.25, 0.3) is 0 Å². The molecule has 0 amide bonds. The maximum atomic E-state index is 5.73. The third kappa shape index (κ3) is 2.56. The Morgan fingerprint density at radius 1 is 1.11 bits per heavy atom. The standard InChI is InChI=1S/C16H23N3/c1-10(2)15-8-14(9-17)18-19(15)16-12(4)6-11(3)7-13(16)5/h6-8,10H,9,17H2,1-5H3. The third-order valence-corrected chi connectivity index (χ3v) is 3.44. The topological polar surface area (TPSA) is 43.8 Å². The molecule has 0 unspecified atom stereocenters. The third-order valence-electron chi connectivity index (χ3n) is 3.44. The Hall–Kier alpha value is -1.61. The lowest BCUT2D eigenvalue weighted by Crippen LogP contribution is -2.08. The van der Waals surface area contributed by atoms with Crippen molar-refractivity contribution in [2.45, 2.75) is 47.1 Å². The van der Waals surface area contributed by atoms with Crippen LogP contribution >= 0.6 is 0 Å². The highest BCUT2D eigenvalue weighted by molar-refractivity contribution is 5.50. The molecule has 0 atom stereocenters. The van der Waals surface area contributed by atoms with Crippen molar-refractivity contribution in [3.05, 3.63) is 46.3 Å². The van der Waals surface area contributed by atoms with E-state index in [1.807, 2.05) is 0 Å². The summed E-state index contributed by atoms with van der Waals surface area (Å²) >= 11 is 0. The Kier molecular flexibility index (Phi) is 3.76. The van der Waals surface area contributed by atoms with Crippen molar-refractivity contribution < 1.29 is 0 Å². The van der Waals surface area contributed by atoms with Crippen LogP contribution in [0.15, 0.2) is 18.2 Å². The molecule has 2 aromatic rings. The van der Waals surface area contributed by atoms with Crippen LogP contribution < -0.4 is 5.73 Å². The Morgan fingerprint density at radius 2 is 1.68 bits per heavy atom. The monoisotopic (exact) mass is 257 g/mol. The van der Waals surface area contributed by atoms with Gasteiger partial charge in [0.1, 0.15) is 0 Å². The molecule has 19 heavy (non-hydrogen) atoms. The molecule has 0 aliphatic heterocycles. The van der Waals surface area contributed by atoms with Crippen LogP contribution in [0.2, 0.25) is 0 Å². The van der Waals surface area contributed by atoms with Crippen LogP contribution in [0, 0.1) is 20.8 Å². The first-order valence-electron chi connectivity index (χ1n) is 6.81. The van der Waals surface area contributed by atoms with Crippen molar-refractivity contribution in [2.24, 2.45) is 5.73 Å². The summed E-state index contributed by atoms with van der Waals surface area (Å²) < 4.78 is 2.07. The molecular weight excluding hydrogens is 234 g/mol. The van der Waals surface area contributed by atoms with Crippen molar-refractivity contribution in [3.63, 3.8) is 0 Å². The predicted octanol–water partition coefficient (Wildman–Crippen LogP) is 3.38. The minimum Gasteiger partial charge on any atom is -0.325 e. The minimum absolute atomic E-state index is 0.424. The molecule has 0 fully saturated rings. The van der Waals surface area contributed by atoms with Crippen LogP contribution in [0.5, 0.6) is 0 Å². The summed E-state index contributed by atoms with van der Waals surface area (Å²) in [6.45, 7) is 11.3. The summed E-state index contributed by atoms with van der Waals surface area (Å²) in [7, 11) is 0. The summed E-state index contributed by atoms with van der Waals surface area (Å²) in [5.41, 5.74) is 12.9. The molecular formula is C16H23N3. The Bertz CT molecular complexity index is 571. The highest BCUT2D eigenvalue weighted by Crippen LogP contribution is 2.26. The zero-order chi connectivity index (χ0) is 14.2. The van der Waals surface area contributed by atoms with Gasteiger partial charge in [-0.15, -0.1) is 0 Å². The first-order chi connectivity index (χ1) is 8.93. The number of nitrogens with two attached hydrogens (primary N) is 1. The molecule has 0 aliphatic rings. The van der Waals surface area contributed by atoms with Crippen LogP contribution in [0.4, 0.5) is 0 Å². The molecule has 102 valence electrons. The lowest BCUT2D eigenvalue weighted by atomic mass is 10.0. The lowest BCUT2D eigenvalue weighted by Gasteiger charge is -2.16. The van der Waals surface area contributed by atoms with E-state index in [4.69, 9.17) is 5.73 Å². The molecule has 0 radical (unpaired) electrons. The molecule has 3 heteroatoms. The van der Waals surface area contributed by atoms with E-state index >= 15 is 0 Å². The Labute approximate surface area is 115 Å². The van der Waals surface area contributed by atoms with Crippen LogP contribution in [-0.4, -0.2) is 9.78 Å². The van der Waals surface area contributed by atoms with Crippen molar-refractivity contribution >= 4 is 0 Å². The molecule has 0 saturated heterocycles. The van der Waals surface area contributed by atoms with Gasteiger partial charge in [0.2, 0.25) is 0 Å². The highest BCUT2D eigenvalue weighted by atomic mass is 15.3. The number of rotatable bonds is 3. The van der Waals surface area contributed by atoms with Gasteiger partial charge in [-0.3, -0.25) is 0 Å². The van der Waals surface area contributed by atoms with Gasteiger partial charge in [-0.2, -0.15) is 5.10 Å². The summed E-state index contributed by atoms with van der Waals surface area (Å²) in [6.07, 6.45) is 0. The average Bonchev–Trinajstić information content (AvgIpc) is 2.71. The second-order valence-electron chi connectivity index (χ2n) is 5.58. The number of aryl methyl sites for hydroxylation is 3. The van der Waals surface area contributed by atoms with Crippen LogP contribution in [0.1, 0.15) is 47.8 Å². The zero-order valence-corrected chi connectivity index (χ0v) is 12.5. The van der Waals surface area contributed by atoms with Gasteiger partial charge >= 0.3 is 0 Å². The smallest absolute Gasteiger partial charge is 0.0767 e. The lowest BCUT2D eigenvalue weighted by molar-refractivity contribution is 0.721. The fourth-order valence-corrected chi connectivity index (χ4v) is 2.64. The second kappa shape index (κ2) is 5.17. The van der Waals surface area contributed by atoms with Gasteiger partial charge < -0.3 is 5.73 Å². The molecule has 0 spiro atoms. The molecule has 3 nitrogen and oxygen atoms in total. The van der Waals surface area contributed by atoms with Crippen molar-refractivity contribution in [3.8, 4) is 5.69 Å². The predicted molar refractivity (Wildman–Crippen MR) is 79.8 cm³/mol. The molecule has 1 heterocycles. The molecule has 2 N–H and O–H groups in total. The van der Waals surface area contributed by atoms with Gasteiger partial charge in [-0.05, 0) is 43.9 Å². The van der Waals surface area contributed by atoms with E-state index in [9.17, 15) is 0 Å². The van der Waals surface area contributed by atoms with E-state index in [0.717, 1.165) is 5.69 Å². The van der Waals surface area contributed by atoms with E-state index in [1.165, 1.54) is 28.1 Å². The van der Waals surface area contributed by atoms with Gasteiger partial charge in [0.05, 0.1) is 11.4 Å². The van der Waals surface area contributed by atoms with E-state index in [2.05, 4.69) is 62.6 Å². The highest BCUT2D eigenvalue weighted by Gasteiger charge is 2.15. The quantitative estimate of drug-likeness (QED) is 0.916. The van der Waals surface area contributed by atoms with Gasteiger partial charge in [0.15, 0.2) is 0 Å². The largest absolute Gasteiger partial charge is 0.325 e. The minimum atomic E-state index is 0.424. The molecule has 0 bridgehead atoms.